The molecule has 4 aromatic rings. The number of nitrogens with zero attached hydrogens (tertiary/aromatic N) is 5. The van der Waals surface area contributed by atoms with Crippen molar-refractivity contribution in [2.24, 2.45) is 5.10 Å². The Bertz CT molecular complexity index is 1400. The van der Waals surface area contributed by atoms with E-state index in [0.29, 0.717) is 13.1 Å². The lowest BCUT2D eigenvalue weighted by Crippen LogP contribution is -2.29. The molecular formula is C30H29N5O2. The molecule has 186 valence electrons. The van der Waals surface area contributed by atoms with E-state index in [9.17, 15) is 9.59 Å². The third-order valence-electron chi connectivity index (χ3n) is 6.44. The second-order valence-electron chi connectivity index (χ2n) is 9.08. The van der Waals surface area contributed by atoms with Crippen molar-refractivity contribution in [1.29, 1.82) is 0 Å². The van der Waals surface area contributed by atoms with Crippen LogP contribution in [-0.2, 0) is 16.1 Å². The minimum Gasteiger partial charge on any atom is -0.341 e. The van der Waals surface area contributed by atoms with Crippen LogP contribution < -0.4 is 0 Å². The van der Waals surface area contributed by atoms with E-state index in [-0.39, 0.29) is 24.7 Å². The zero-order chi connectivity index (χ0) is 25.6. The first-order valence-corrected chi connectivity index (χ1v) is 12.4. The van der Waals surface area contributed by atoms with E-state index >= 15 is 0 Å². The van der Waals surface area contributed by atoms with Crippen LogP contribution in [0.25, 0.3) is 16.9 Å². The number of carbonyl (C=O) groups is 2. The number of benzene rings is 3. The lowest BCUT2D eigenvalue weighted by molar-refractivity contribution is -0.136. The van der Waals surface area contributed by atoms with Gasteiger partial charge in [0.15, 0.2) is 0 Å². The largest absolute Gasteiger partial charge is 0.341 e. The Balaban J connectivity index is 1.24. The molecular weight excluding hydrogens is 462 g/mol. The van der Waals surface area contributed by atoms with E-state index < -0.39 is 0 Å². The fourth-order valence-corrected chi connectivity index (χ4v) is 4.43. The highest BCUT2D eigenvalue weighted by Crippen LogP contribution is 2.25. The fourth-order valence-electron chi connectivity index (χ4n) is 4.43. The highest BCUT2D eigenvalue weighted by atomic mass is 16.2. The monoisotopic (exact) mass is 491 g/mol. The summed E-state index contributed by atoms with van der Waals surface area (Å²) in [7, 11) is 1.77. The van der Waals surface area contributed by atoms with Crippen molar-refractivity contribution in [1.82, 2.24) is 19.7 Å². The molecule has 5 rings (SSSR count). The topological polar surface area (TPSA) is 70.8 Å². The van der Waals surface area contributed by atoms with Crippen LogP contribution >= 0.6 is 0 Å². The van der Waals surface area contributed by atoms with E-state index in [4.69, 9.17) is 5.10 Å². The maximum atomic E-state index is 13.0. The van der Waals surface area contributed by atoms with Crippen molar-refractivity contribution >= 4 is 17.5 Å². The van der Waals surface area contributed by atoms with Gasteiger partial charge in [-0.1, -0.05) is 78.9 Å². The second-order valence-corrected chi connectivity index (χ2v) is 9.08. The van der Waals surface area contributed by atoms with Crippen LogP contribution in [0.4, 0.5) is 0 Å². The predicted octanol–water partition coefficient (Wildman–Crippen LogP) is 4.91. The molecule has 7 nitrogen and oxygen atoms in total. The van der Waals surface area contributed by atoms with Crippen LogP contribution in [0.3, 0.4) is 0 Å². The number of rotatable bonds is 8. The van der Waals surface area contributed by atoms with Crippen LogP contribution in [0.1, 0.15) is 30.4 Å². The van der Waals surface area contributed by atoms with Crippen molar-refractivity contribution in [2.45, 2.75) is 25.8 Å². The second kappa shape index (κ2) is 11.0. The zero-order valence-electron chi connectivity index (χ0n) is 20.8. The predicted molar refractivity (Wildman–Crippen MR) is 144 cm³/mol. The fraction of sp³-hybridized carbons (Fsp3) is 0.200. The summed E-state index contributed by atoms with van der Waals surface area (Å²) in [5.41, 5.74) is 5.64. The smallest absolute Gasteiger partial charge is 0.243 e. The van der Waals surface area contributed by atoms with Crippen molar-refractivity contribution in [3.8, 4) is 16.9 Å². The minimum absolute atomic E-state index is 0.0914. The molecule has 0 aliphatic carbocycles. The van der Waals surface area contributed by atoms with Gasteiger partial charge in [0.25, 0.3) is 0 Å². The lowest BCUT2D eigenvalue weighted by atomic mass is 10.1. The SMILES string of the molecule is CN(Cc1cn(-c2ccccc2)nc1-c1ccccc1)C(=O)CCC(=O)N1CCC(c2ccccc2)=N1. The summed E-state index contributed by atoms with van der Waals surface area (Å²) in [6.07, 6.45) is 2.95. The van der Waals surface area contributed by atoms with Gasteiger partial charge in [-0.05, 0) is 17.7 Å². The first-order chi connectivity index (χ1) is 18.1. The Hall–Kier alpha value is -4.52. The first kappa shape index (κ1) is 24.2. The summed E-state index contributed by atoms with van der Waals surface area (Å²) in [6.45, 7) is 0.941. The summed E-state index contributed by atoms with van der Waals surface area (Å²) in [6, 6.07) is 29.7. The van der Waals surface area contributed by atoms with Crippen LogP contribution in [0, 0.1) is 0 Å². The summed E-state index contributed by atoms with van der Waals surface area (Å²) < 4.78 is 1.84. The quantitative estimate of drug-likeness (QED) is 0.351. The molecule has 0 radical (unpaired) electrons. The van der Waals surface area contributed by atoms with Gasteiger partial charge in [0.1, 0.15) is 0 Å². The Morgan fingerprint density at radius 1 is 0.838 bits per heavy atom. The molecule has 7 heteroatoms. The van der Waals surface area contributed by atoms with Gasteiger partial charge in [0.05, 0.1) is 23.6 Å². The van der Waals surface area contributed by atoms with Crippen molar-refractivity contribution in [3.63, 3.8) is 0 Å². The highest BCUT2D eigenvalue weighted by molar-refractivity contribution is 6.02. The van der Waals surface area contributed by atoms with E-state index in [0.717, 1.165) is 40.2 Å². The molecule has 1 aliphatic heterocycles. The molecule has 0 saturated carbocycles. The molecule has 0 atom stereocenters. The highest BCUT2D eigenvalue weighted by Gasteiger charge is 2.23. The number of amides is 2. The normalized spacial score (nSPS) is 12.9. The van der Waals surface area contributed by atoms with Gasteiger partial charge in [-0.3, -0.25) is 9.59 Å². The van der Waals surface area contributed by atoms with Gasteiger partial charge in [-0.2, -0.15) is 10.2 Å². The van der Waals surface area contributed by atoms with Crippen LogP contribution in [-0.4, -0.2) is 50.8 Å². The average molecular weight is 492 g/mol. The molecule has 0 N–H and O–H groups in total. The molecule has 1 aliphatic rings. The van der Waals surface area contributed by atoms with Gasteiger partial charge >= 0.3 is 0 Å². The van der Waals surface area contributed by atoms with E-state index in [1.807, 2.05) is 102 Å². The third kappa shape index (κ3) is 5.67. The average Bonchev–Trinajstić information content (AvgIpc) is 3.61. The van der Waals surface area contributed by atoms with Crippen molar-refractivity contribution < 1.29 is 9.59 Å². The molecule has 0 saturated heterocycles. The van der Waals surface area contributed by atoms with Gasteiger partial charge in [0, 0.05) is 50.2 Å². The summed E-state index contributed by atoms with van der Waals surface area (Å²) in [4.78, 5) is 27.4. The summed E-state index contributed by atoms with van der Waals surface area (Å²) in [5, 5.41) is 10.8. The summed E-state index contributed by atoms with van der Waals surface area (Å²) in [5.74, 6) is -0.221. The molecule has 37 heavy (non-hydrogen) atoms. The molecule has 3 aromatic carbocycles. The number of carbonyl (C=O) groups excluding carboxylic acids is 2. The Kier molecular flexibility index (Phi) is 7.21. The van der Waals surface area contributed by atoms with E-state index in [1.165, 1.54) is 5.01 Å². The van der Waals surface area contributed by atoms with E-state index in [1.54, 1.807) is 11.9 Å². The van der Waals surface area contributed by atoms with E-state index in [2.05, 4.69) is 5.10 Å². The molecule has 1 aromatic heterocycles. The zero-order valence-corrected chi connectivity index (χ0v) is 20.8. The van der Waals surface area contributed by atoms with Gasteiger partial charge in [0.2, 0.25) is 11.8 Å². The van der Waals surface area contributed by atoms with Gasteiger partial charge in [-0.25, -0.2) is 9.69 Å². The molecule has 0 spiro atoms. The Morgan fingerprint density at radius 3 is 2.14 bits per heavy atom. The minimum atomic E-state index is -0.130. The standard InChI is InChI=1S/C30H29N5O2/c1-33(28(36)17-18-29(37)34-20-19-27(31-34)23-11-5-2-6-12-23)21-25-22-35(26-15-9-4-10-16-26)32-30(25)24-13-7-3-8-14-24/h2-16,22H,17-21H2,1H3. The number of para-hydroxylation sites is 1. The Labute approximate surface area is 216 Å². The van der Waals surface area contributed by atoms with Crippen molar-refractivity contribution in [2.75, 3.05) is 13.6 Å². The summed E-state index contributed by atoms with van der Waals surface area (Å²) >= 11 is 0. The molecule has 0 fully saturated rings. The Morgan fingerprint density at radius 2 is 1.46 bits per heavy atom. The molecule has 2 amide bonds. The number of hydrogen-bond donors (Lipinski definition) is 0. The maximum Gasteiger partial charge on any atom is 0.243 e. The first-order valence-electron chi connectivity index (χ1n) is 12.4. The number of hydrazone groups is 1. The van der Waals surface area contributed by atoms with Crippen LogP contribution in [0.2, 0.25) is 0 Å². The van der Waals surface area contributed by atoms with Gasteiger partial charge < -0.3 is 4.90 Å². The number of hydrogen-bond acceptors (Lipinski definition) is 4. The molecule has 0 unspecified atom stereocenters. The van der Waals surface area contributed by atoms with Crippen LogP contribution in [0.5, 0.6) is 0 Å². The third-order valence-corrected chi connectivity index (χ3v) is 6.44. The maximum absolute atomic E-state index is 13.0. The number of aromatic nitrogens is 2. The lowest BCUT2D eigenvalue weighted by Gasteiger charge is -2.18. The molecule has 0 bridgehead atoms. The van der Waals surface area contributed by atoms with Crippen LogP contribution in [0.15, 0.2) is 102 Å². The van der Waals surface area contributed by atoms with Gasteiger partial charge in [-0.15, -0.1) is 0 Å². The molecule has 2 heterocycles. The van der Waals surface area contributed by atoms with Crippen molar-refractivity contribution in [3.05, 3.63) is 108 Å².